The van der Waals surface area contributed by atoms with E-state index in [9.17, 15) is 9.59 Å². The first-order valence-electron chi connectivity index (χ1n) is 8.00. The molecule has 2 rings (SSSR count). The molecule has 6 heteroatoms. The van der Waals surface area contributed by atoms with Gasteiger partial charge in [0.2, 0.25) is 11.8 Å². The molecule has 132 valence electrons. The number of ether oxygens (including phenoxy) is 1. The highest BCUT2D eigenvalue weighted by molar-refractivity contribution is 8.00. The Hall–Kier alpha value is -2.47. The van der Waals surface area contributed by atoms with Gasteiger partial charge in [0.15, 0.2) is 0 Å². The van der Waals surface area contributed by atoms with Crippen molar-refractivity contribution in [1.29, 1.82) is 0 Å². The SMILES string of the molecule is COc1ccccc1NC(=O)CSCC(=O)NCCc1ccccc1. The summed E-state index contributed by atoms with van der Waals surface area (Å²) in [5, 5.41) is 5.64. The highest BCUT2D eigenvalue weighted by Gasteiger charge is 2.08. The summed E-state index contributed by atoms with van der Waals surface area (Å²) in [7, 11) is 1.56. The molecule has 0 atom stereocenters. The number of carbonyl (C=O) groups is 2. The largest absolute Gasteiger partial charge is 0.495 e. The first-order chi connectivity index (χ1) is 12.2. The molecule has 0 aromatic heterocycles. The molecule has 0 heterocycles. The molecule has 2 N–H and O–H groups in total. The van der Waals surface area contributed by atoms with Crippen molar-refractivity contribution in [3.63, 3.8) is 0 Å². The zero-order valence-electron chi connectivity index (χ0n) is 14.2. The number of thioether (sulfide) groups is 1. The summed E-state index contributed by atoms with van der Waals surface area (Å²) in [6, 6.07) is 17.2. The van der Waals surface area contributed by atoms with Crippen molar-refractivity contribution in [3.8, 4) is 5.75 Å². The second-order valence-corrected chi connectivity index (χ2v) is 6.31. The summed E-state index contributed by atoms with van der Waals surface area (Å²) in [6.07, 6.45) is 0.797. The highest BCUT2D eigenvalue weighted by Crippen LogP contribution is 2.23. The van der Waals surface area contributed by atoms with Gasteiger partial charge in [-0.2, -0.15) is 0 Å². The number of anilines is 1. The Morgan fingerprint density at radius 2 is 1.64 bits per heavy atom. The lowest BCUT2D eigenvalue weighted by atomic mass is 10.1. The fourth-order valence-electron chi connectivity index (χ4n) is 2.21. The van der Waals surface area contributed by atoms with E-state index in [0.29, 0.717) is 18.0 Å². The number of hydrogen-bond acceptors (Lipinski definition) is 4. The van der Waals surface area contributed by atoms with E-state index in [1.807, 2.05) is 42.5 Å². The van der Waals surface area contributed by atoms with Crippen LogP contribution in [0.3, 0.4) is 0 Å². The molecule has 25 heavy (non-hydrogen) atoms. The maximum absolute atomic E-state index is 11.9. The lowest BCUT2D eigenvalue weighted by Gasteiger charge is -2.09. The van der Waals surface area contributed by atoms with Crippen molar-refractivity contribution in [2.75, 3.05) is 30.5 Å². The van der Waals surface area contributed by atoms with Crippen molar-refractivity contribution in [2.45, 2.75) is 6.42 Å². The Labute approximate surface area is 152 Å². The maximum Gasteiger partial charge on any atom is 0.234 e. The van der Waals surface area contributed by atoms with E-state index in [2.05, 4.69) is 10.6 Å². The number of para-hydroxylation sites is 2. The number of methoxy groups -OCH3 is 1. The fourth-order valence-corrected chi connectivity index (χ4v) is 2.86. The van der Waals surface area contributed by atoms with E-state index < -0.39 is 0 Å². The number of hydrogen-bond donors (Lipinski definition) is 2. The summed E-state index contributed by atoms with van der Waals surface area (Å²) in [5.41, 5.74) is 1.81. The molecule has 0 radical (unpaired) electrons. The summed E-state index contributed by atoms with van der Waals surface area (Å²) in [5.74, 6) is 0.857. The minimum atomic E-state index is -0.161. The molecule has 2 aromatic carbocycles. The van der Waals surface area contributed by atoms with Gasteiger partial charge in [0.1, 0.15) is 5.75 Å². The van der Waals surface area contributed by atoms with Crippen molar-refractivity contribution < 1.29 is 14.3 Å². The van der Waals surface area contributed by atoms with Crippen LogP contribution in [0.4, 0.5) is 5.69 Å². The molecule has 0 saturated heterocycles. The summed E-state index contributed by atoms with van der Waals surface area (Å²) >= 11 is 1.28. The van der Waals surface area contributed by atoms with E-state index in [4.69, 9.17) is 4.74 Å². The van der Waals surface area contributed by atoms with Crippen LogP contribution in [0.1, 0.15) is 5.56 Å². The summed E-state index contributed by atoms with van der Waals surface area (Å²) in [4.78, 5) is 23.7. The van der Waals surface area contributed by atoms with Crippen LogP contribution in [0, 0.1) is 0 Å². The van der Waals surface area contributed by atoms with Gasteiger partial charge in [0, 0.05) is 6.54 Å². The van der Waals surface area contributed by atoms with Gasteiger partial charge < -0.3 is 15.4 Å². The molecule has 0 bridgehead atoms. The van der Waals surface area contributed by atoms with Crippen LogP contribution in [0.2, 0.25) is 0 Å². The van der Waals surface area contributed by atoms with Crippen molar-refractivity contribution in [1.82, 2.24) is 5.32 Å². The van der Waals surface area contributed by atoms with Crippen molar-refractivity contribution in [2.24, 2.45) is 0 Å². The highest BCUT2D eigenvalue weighted by atomic mass is 32.2. The van der Waals surface area contributed by atoms with Crippen molar-refractivity contribution >= 4 is 29.3 Å². The summed E-state index contributed by atoms with van der Waals surface area (Å²) < 4.78 is 5.18. The van der Waals surface area contributed by atoms with E-state index >= 15 is 0 Å². The third kappa shape index (κ3) is 6.89. The fraction of sp³-hybridized carbons (Fsp3) is 0.263. The van der Waals surface area contributed by atoms with E-state index in [1.165, 1.54) is 17.3 Å². The van der Waals surface area contributed by atoms with Gasteiger partial charge in [-0.05, 0) is 24.1 Å². The molecule has 0 fully saturated rings. The van der Waals surface area contributed by atoms with Gasteiger partial charge in [0.05, 0.1) is 24.3 Å². The quantitative estimate of drug-likeness (QED) is 0.723. The van der Waals surface area contributed by atoms with Crippen LogP contribution >= 0.6 is 11.8 Å². The lowest BCUT2D eigenvalue weighted by molar-refractivity contribution is -0.118. The third-order valence-electron chi connectivity index (χ3n) is 3.43. The monoisotopic (exact) mass is 358 g/mol. The first-order valence-corrected chi connectivity index (χ1v) is 9.15. The maximum atomic E-state index is 11.9. The Morgan fingerprint density at radius 3 is 2.40 bits per heavy atom. The van der Waals surface area contributed by atoms with E-state index in [-0.39, 0.29) is 23.3 Å². The molecule has 0 aliphatic rings. The Morgan fingerprint density at radius 1 is 0.960 bits per heavy atom. The second-order valence-electron chi connectivity index (χ2n) is 5.33. The molecule has 0 aliphatic carbocycles. The predicted octanol–water partition coefficient (Wildman–Crippen LogP) is 2.73. The Kier molecular flexibility index (Phi) is 7.85. The Balaban J connectivity index is 1.62. The standard InChI is InChI=1S/C19H22N2O3S/c1-24-17-10-6-5-9-16(17)21-19(23)14-25-13-18(22)20-12-11-15-7-3-2-4-8-15/h2-10H,11-14H2,1H3,(H,20,22)(H,21,23). The number of rotatable bonds is 9. The Bertz CT molecular complexity index is 692. The molecule has 5 nitrogen and oxygen atoms in total. The molecule has 2 amide bonds. The average Bonchev–Trinajstić information content (AvgIpc) is 2.63. The van der Waals surface area contributed by atoms with Crippen LogP contribution in [-0.4, -0.2) is 37.0 Å². The third-order valence-corrected chi connectivity index (χ3v) is 4.36. The summed E-state index contributed by atoms with van der Waals surface area (Å²) in [6.45, 7) is 0.594. The molecular weight excluding hydrogens is 336 g/mol. The molecule has 2 aromatic rings. The normalized spacial score (nSPS) is 10.1. The van der Waals surface area contributed by atoms with Gasteiger partial charge in [-0.1, -0.05) is 42.5 Å². The number of nitrogens with one attached hydrogen (secondary N) is 2. The first kappa shape index (κ1) is 18.9. The molecule has 0 spiro atoms. The van der Waals surface area contributed by atoms with E-state index in [0.717, 1.165) is 6.42 Å². The van der Waals surface area contributed by atoms with Crippen LogP contribution in [0.25, 0.3) is 0 Å². The zero-order valence-corrected chi connectivity index (χ0v) is 15.0. The number of benzene rings is 2. The van der Waals surface area contributed by atoms with Crippen LogP contribution < -0.4 is 15.4 Å². The van der Waals surface area contributed by atoms with Crippen molar-refractivity contribution in [3.05, 3.63) is 60.2 Å². The van der Waals surface area contributed by atoms with Gasteiger partial charge in [-0.25, -0.2) is 0 Å². The lowest BCUT2D eigenvalue weighted by Crippen LogP contribution is -2.28. The number of carbonyl (C=O) groups excluding carboxylic acids is 2. The zero-order chi connectivity index (χ0) is 17.9. The molecule has 0 unspecified atom stereocenters. The van der Waals surface area contributed by atoms with Crippen LogP contribution in [-0.2, 0) is 16.0 Å². The van der Waals surface area contributed by atoms with Crippen LogP contribution in [0.15, 0.2) is 54.6 Å². The van der Waals surface area contributed by atoms with Gasteiger partial charge >= 0.3 is 0 Å². The second kappa shape index (κ2) is 10.4. The van der Waals surface area contributed by atoms with Gasteiger partial charge in [-0.15, -0.1) is 11.8 Å². The molecule has 0 saturated carbocycles. The van der Waals surface area contributed by atoms with Gasteiger partial charge in [-0.3, -0.25) is 9.59 Å². The average molecular weight is 358 g/mol. The topological polar surface area (TPSA) is 67.4 Å². The van der Waals surface area contributed by atoms with Crippen LogP contribution in [0.5, 0.6) is 5.75 Å². The molecular formula is C19H22N2O3S. The number of amides is 2. The minimum Gasteiger partial charge on any atom is -0.495 e. The molecule has 0 aliphatic heterocycles. The predicted molar refractivity (Wildman–Crippen MR) is 102 cm³/mol. The van der Waals surface area contributed by atoms with E-state index in [1.54, 1.807) is 19.2 Å². The van der Waals surface area contributed by atoms with Gasteiger partial charge in [0.25, 0.3) is 0 Å². The smallest absolute Gasteiger partial charge is 0.234 e. The minimum absolute atomic E-state index is 0.0639.